The first-order valence-corrected chi connectivity index (χ1v) is 9.76. The molecular formula is C22H28N2O. The Hall–Kier alpha value is -1.87. The predicted molar refractivity (Wildman–Crippen MR) is 102 cm³/mol. The Bertz CT molecular complexity index is 722. The van der Waals surface area contributed by atoms with Crippen LogP contribution in [0.5, 0.6) is 0 Å². The molecule has 1 saturated carbocycles. The van der Waals surface area contributed by atoms with E-state index < -0.39 is 0 Å². The maximum absolute atomic E-state index is 12.5. The molecule has 132 valence electrons. The van der Waals surface area contributed by atoms with Crippen LogP contribution < -0.4 is 0 Å². The van der Waals surface area contributed by atoms with E-state index in [0.29, 0.717) is 11.8 Å². The molecule has 0 unspecified atom stereocenters. The van der Waals surface area contributed by atoms with E-state index in [4.69, 9.17) is 0 Å². The van der Waals surface area contributed by atoms with Crippen LogP contribution in [-0.4, -0.2) is 41.9 Å². The zero-order valence-corrected chi connectivity index (χ0v) is 15.0. The number of amides is 1. The molecule has 1 amide bonds. The lowest BCUT2D eigenvalue weighted by molar-refractivity contribution is -0.134. The van der Waals surface area contributed by atoms with Crippen molar-refractivity contribution in [2.24, 2.45) is 5.92 Å². The maximum atomic E-state index is 12.5. The van der Waals surface area contributed by atoms with E-state index >= 15 is 0 Å². The number of fused-ring (bicyclic) bond motifs is 1. The summed E-state index contributed by atoms with van der Waals surface area (Å²) >= 11 is 0. The van der Waals surface area contributed by atoms with Gasteiger partial charge in [0.2, 0.25) is 5.91 Å². The molecule has 3 nitrogen and oxygen atoms in total. The molecule has 3 heteroatoms. The fourth-order valence-electron chi connectivity index (χ4n) is 4.42. The quantitative estimate of drug-likeness (QED) is 0.840. The Morgan fingerprint density at radius 2 is 1.64 bits per heavy atom. The fourth-order valence-corrected chi connectivity index (χ4v) is 4.42. The number of benzene rings is 2. The SMILES string of the molecule is O=C(CC1CCCC1)N1CCN(Cc2cccc3ccccc23)CC1. The van der Waals surface area contributed by atoms with Gasteiger partial charge < -0.3 is 4.90 Å². The number of hydrogen-bond acceptors (Lipinski definition) is 2. The first kappa shape index (κ1) is 16.6. The van der Waals surface area contributed by atoms with Crippen molar-refractivity contribution in [1.82, 2.24) is 9.80 Å². The van der Waals surface area contributed by atoms with Crippen LogP contribution in [0.4, 0.5) is 0 Å². The van der Waals surface area contributed by atoms with E-state index in [2.05, 4.69) is 52.3 Å². The number of rotatable bonds is 4. The molecule has 1 heterocycles. The molecule has 0 aromatic heterocycles. The van der Waals surface area contributed by atoms with Crippen molar-refractivity contribution in [1.29, 1.82) is 0 Å². The van der Waals surface area contributed by atoms with Crippen LogP contribution >= 0.6 is 0 Å². The van der Waals surface area contributed by atoms with Crippen LogP contribution in [0.3, 0.4) is 0 Å². The van der Waals surface area contributed by atoms with E-state index in [1.807, 2.05) is 0 Å². The Morgan fingerprint density at radius 3 is 2.44 bits per heavy atom. The van der Waals surface area contributed by atoms with Crippen molar-refractivity contribution in [2.75, 3.05) is 26.2 Å². The number of hydrogen-bond donors (Lipinski definition) is 0. The van der Waals surface area contributed by atoms with Crippen molar-refractivity contribution in [3.8, 4) is 0 Å². The summed E-state index contributed by atoms with van der Waals surface area (Å²) in [7, 11) is 0. The van der Waals surface area contributed by atoms with Crippen molar-refractivity contribution in [3.05, 3.63) is 48.0 Å². The molecule has 25 heavy (non-hydrogen) atoms. The van der Waals surface area contributed by atoms with Gasteiger partial charge in [0.1, 0.15) is 0 Å². The highest BCUT2D eigenvalue weighted by Gasteiger charge is 2.25. The summed E-state index contributed by atoms with van der Waals surface area (Å²) < 4.78 is 0. The first-order chi connectivity index (χ1) is 12.3. The Kier molecular flexibility index (Phi) is 5.02. The molecule has 1 aliphatic heterocycles. The average molecular weight is 336 g/mol. The van der Waals surface area contributed by atoms with E-state index in [9.17, 15) is 4.79 Å². The molecule has 2 aromatic carbocycles. The predicted octanol–water partition coefficient (Wildman–Crippen LogP) is 4.06. The maximum Gasteiger partial charge on any atom is 0.222 e. The molecule has 0 bridgehead atoms. The van der Waals surface area contributed by atoms with E-state index in [0.717, 1.165) is 39.1 Å². The normalized spacial score (nSPS) is 19.6. The lowest BCUT2D eigenvalue weighted by atomic mass is 10.0. The molecule has 1 aliphatic carbocycles. The number of nitrogens with zero attached hydrogens (tertiary/aromatic N) is 2. The van der Waals surface area contributed by atoms with Gasteiger partial charge >= 0.3 is 0 Å². The smallest absolute Gasteiger partial charge is 0.222 e. The third-order valence-electron chi connectivity index (χ3n) is 5.94. The Morgan fingerprint density at radius 1 is 0.920 bits per heavy atom. The van der Waals surface area contributed by atoms with Crippen LogP contribution in [-0.2, 0) is 11.3 Å². The molecule has 0 atom stereocenters. The zero-order chi connectivity index (χ0) is 17.1. The van der Waals surface area contributed by atoms with Gasteiger partial charge in [-0.25, -0.2) is 0 Å². The van der Waals surface area contributed by atoms with Gasteiger partial charge in [-0.3, -0.25) is 9.69 Å². The van der Waals surface area contributed by atoms with Crippen LogP contribution in [0.2, 0.25) is 0 Å². The highest BCUT2D eigenvalue weighted by Crippen LogP contribution is 2.28. The average Bonchev–Trinajstić information content (AvgIpc) is 3.16. The van der Waals surface area contributed by atoms with Crippen LogP contribution in [0.15, 0.2) is 42.5 Å². The lowest BCUT2D eigenvalue weighted by Gasteiger charge is -2.35. The molecule has 2 aromatic rings. The first-order valence-electron chi connectivity index (χ1n) is 9.76. The van der Waals surface area contributed by atoms with E-state index in [1.54, 1.807) is 0 Å². The highest BCUT2D eigenvalue weighted by molar-refractivity contribution is 5.85. The number of piperazine rings is 1. The van der Waals surface area contributed by atoms with Gasteiger partial charge in [-0.15, -0.1) is 0 Å². The molecule has 2 fully saturated rings. The monoisotopic (exact) mass is 336 g/mol. The summed E-state index contributed by atoms with van der Waals surface area (Å²) in [5.41, 5.74) is 1.39. The third-order valence-corrected chi connectivity index (χ3v) is 5.94. The molecule has 4 rings (SSSR count). The molecule has 0 spiro atoms. The van der Waals surface area contributed by atoms with Gasteiger partial charge in [-0.1, -0.05) is 55.3 Å². The van der Waals surface area contributed by atoms with Gasteiger partial charge in [0.25, 0.3) is 0 Å². The lowest BCUT2D eigenvalue weighted by Crippen LogP contribution is -2.48. The second-order valence-electron chi connectivity index (χ2n) is 7.65. The van der Waals surface area contributed by atoms with Crippen molar-refractivity contribution in [2.45, 2.75) is 38.6 Å². The molecular weight excluding hydrogens is 308 g/mol. The minimum Gasteiger partial charge on any atom is -0.340 e. The molecule has 0 N–H and O–H groups in total. The Balaban J connectivity index is 1.33. The second-order valence-corrected chi connectivity index (χ2v) is 7.65. The van der Waals surface area contributed by atoms with Crippen molar-refractivity contribution < 1.29 is 4.79 Å². The summed E-state index contributed by atoms with van der Waals surface area (Å²) in [5.74, 6) is 1.04. The van der Waals surface area contributed by atoms with Gasteiger partial charge in [0, 0.05) is 39.1 Å². The molecule has 2 aliphatic rings. The van der Waals surface area contributed by atoms with Gasteiger partial charge in [-0.2, -0.15) is 0 Å². The summed E-state index contributed by atoms with van der Waals surface area (Å²) in [6.07, 6.45) is 5.93. The number of carbonyl (C=O) groups is 1. The largest absolute Gasteiger partial charge is 0.340 e. The topological polar surface area (TPSA) is 23.6 Å². The third kappa shape index (κ3) is 3.87. The van der Waals surface area contributed by atoms with Gasteiger partial charge in [0.15, 0.2) is 0 Å². The fraction of sp³-hybridized carbons (Fsp3) is 0.500. The Labute approximate surface area is 150 Å². The van der Waals surface area contributed by atoms with Crippen molar-refractivity contribution >= 4 is 16.7 Å². The van der Waals surface area contributed by atoms with Gasteiger partial charge in [-0.05, 0) is 35.1 Å². The van der Waals surface area contributed by atoms with Crippen LogP contribution in [0.1, 0.15) is 37.7 Å². The van der Waals surface area contributed by atoms with Crippen molar-refractivity contribution in [3.63, 3.8) is 0 Å². The second kappa shape index (κ2) is 7.57. The van der Waals surface area contributed by atoms with E-state index in [1.165, 1.54) is 42.0 Å². The van der Waals surface area contributed by atoms with Gasteiger partial charge in [0.05, 0.1) is 0 Å². The summed E-state index contributed by atoms with van der Waals surface area (Å²) in [6.45, 7) is 4.72. The van der Waals surface area contributed by atoms with Crippen LogP contribution in [0, 0.1) is 5.92 Å². The molecule has 0 radical (unpaired) electrons. The summed E-state index contributed by atoms with van der Waals surface area (Å²) in [6, 6.07) is 15.2. The zero-order valence-electron chi connectivity index (χ0n) is 15.0. The minimum absolute atomic E-state index is 0.386. The molecule has 1 saturated heterocycles. The summed E-state index contributed by atoms with van der Waals surface area (Å²) in [4.78, 5) is 17.1. The minimum atomic E-state index is 0.386. The highest BCUT2D eigenvalue weighted by atomic mass is 16.2. The van der Waals surface area contributed by atoms with E-state index in [-0.39, 0.29) is 0 Å². The number of carbonyl (C=O) groups excluding carboxylic acids is 1. The standard InChI is InChI=1S/C22H28N2O/c25-22(16-18-6-1-2-7-18)24-14-12-23(13-15-24)17-20-10-5-9-19-8-3-4-11-21(19)20/h3-5,8-11,18H,1-2,6-7,12-17H2. The summed E-state index contributed by atoms with van der Waals surface area (Å²) in [5, 5.41) is 2.66. The van der Waals surface area contributed by atoms with Crippen LogP contribution in [0.25, 0.3) is 10.8 Å².